The van der Waals surface area contributed by atoms with E-state index in [2.05, 4.69) is 20.8 Å². The number of nitrogens with zero attached hydrogens (tertiary/aromatic N) is 1. The van der Waals surface area contributed by atoms with E-state index in [0.29, 0.717) is 31.5 Å². The molecule has 1 aromatic rings. The molecule has 0 atom stereocenters. The Hall–Kier alpha value is -2.04. The van der Waals surface area contributed by atoms with Crippen LogP contribution in [0.15, 0.2) is 18.2 Å². The van der Waals surface area contributed by atoms with Gasteiger partial charge in [-0.05, 0) is 36.5 Å². The van der Waals surface area contributed by atoms with Gasteiger partial charge in [0.25, 0.3) is 5.91 Å². The molecule has 23 heavy (non-hydrogen) atoms. The second kappa shape index (κ2) is 6.60. The summed E-state index contributed by atoms with van der Waals surface area (Å²) < 4.78 is 5.42. The Labute approximate surface area is 137 Å². The second-order valence-corrected chi connectivity index (χ2v) is 7.13. The highest BCUT2D eigenvalue weighted by molar-refractivity contribution is 5.95. The number of piperidine rings is 1. The predicted molar refractivity (Wildman–Crippen MR) is 89.5 cm³/mol. The Balaban J connectivity index is 2.19. The summed E-state index contributed by atoms with van der Waals surface area (Å²) in [6, 6.07) is 5.57. The fourth-order valence-corrected chi connectivity index (χ4v) is 2.98. The van der Waals surface area contributed by atoms with Crippen molar-refractivity contribution in [3.05, 3.63) is 29.3 Å². The first-order valence-electron chi connectivity index (χ1n) is 8.01. The Morgan fingerprint density at radius 3 is 2.30 bits per heavy atom. The van der Waals surface area contributed by atoms with Crippen molar-refractivity contribution in [2.45, 2.75) is 39.0 Å². The second-order valence-electron chi connectivity index (χ2n) is 7.13. The van der Waals surface area contributed by atoms with Crippen LogP contribution in [0.1, 0.15) is 49.5 Å². The van der Waals surface area contributed by atoms with E-state index in [1.54, 1.807) is 18.1 Å². The zero-order valence-electron chi connectivity index (χ0n) is 14.4. The number of amides is 2. The molecule has 126 valence electrons. The molecule has 1 aromatic carbocycles. The molecule has 1 saturated heterocycles. The molecular formula is C18H26N2O3. The maximum atomic E-state index is 12.7. The van der Waals surface area contributed by atoms with Crippen LogP contribution >= 0.6 is 0 Å². The Morgan fingerprint density at radius 1 is 1.22 bits per heavy atom. The van der Waals surface area contributed by atoms with Gasteiger partial charge in [-0.2, -0.15) is 0 Å². The normalized spacial score (nSPS) is 16.3. The van der Waals surface area contributed by atoms with Crippen LogP contribution in [0.2, 0.25) is 0 Å². The van der Waals surface area contributed by atoms with Gasteiger partial charge in [-0.1, -0.05) is 20.8 Å². The molecule has 2 amide bonds. The number of carbonyl (C=O) groups excluding carboxylic acids is 2. The van der Waals surface area contributed by atoms with Gasteiger partial charge in [0.15, 0.2) is 0 Å². The van der Waals surface area contributed by atoms with E-state index >= 15 is 0 Å². The summed E-state index contributed by atoms with van der Waals surface area (Å²) in [6.45, 7) is 7.43. The summed E-state index contributed by atoms with van der Waals surface area (Å²) in [5.74, 6) is 0.416. The number of primary amides is 1. The van der Waals surface area contributed by atoms with Gasteiger partial charge in [0.1, 0.15) is 5.75 Å². The lowest BCUT2D eigenvalue weighted by molar-refractivity contribution is -0.123. The molecule has 5 nitrogen and oxygen atoms in total. The molecule has 0 saturated carbocycles. The lowest BCUT2D eigenvalue weighted by atomic mass is 9.85. The van der Waals surface area contributed by atoms with Crippen molar-refractivity contribution < 1.29 is 14.3 Å². The number of nitrogens with two attached hydrogens (primary N) is 1. The van der Waals surface area contributed by atoms with Crippen molar-refractivity contribution in [2.24, 2.45) is 11.7 Å². The lowest BCUT2D eigenvalue weighted by Gasteiger charge is -2.31. The van der Waals surface area contributed by atoms with Crippen LogP contribution in [0.25, 0.3) is 0 Å². The zero-order chi connectivity index (χ0) is 17.2. The van der Waals surface area contributed by atoms with E-state index < -0.39 is 0 Å². The third-order valence-electron chi connectivity index (χ3n) is 4.44. The summed E-state index contributed by atoms with van der Waals surface area (Å²) in [7, 11) is 1.64. The molecule has 1 fully saturated rings. The van der Waals surface area contributed by atoms with Gasteiger partial charge >= 0.3 is 0 Å². The summed E-state index contributed by atoms with van der Waals surface area (Å²) in [5, 5.41) is 0. The average Bonchev–Trinajstić information content (AvgIpc) is 2.52. The summed E-state index contributed by atoms with van der Waals surface area (Å²) >= 11 is 0. The van der Waals surface area contributed by atoms with Crippen molar-refractivity contribution >= 4 is 11.8 Å². The van der Waals surface area contributed by atoms with Gasteiger partial charge in [-0.25, -0.2) is 0 Å². The molecule has 0 bridgehead atoms. The van der Waals surface area contributed by atoms with Gasteiger partial charge in [0.05, 0.1) is 7.11 Å². The quantitative estimate of drug-likeness (QED) is 0.929. The molecule has 2 N–H and O–H groups in total. The molecule has 0 unspecified atom stereocenters. The maximum absolute atomic E-state index is 12.7. The molecule has 2 rings (SSSR count). The first-order chi connectivity index (χ1) is 10.7. The smallest absolute Gasteiger partial charge is 0.253 e. The van der Waals surface area contributed by atoms with Gasteiger partial charge in [0, 0.05) is 30.1 Å². The SMILES string of the molecule is COc1ccc(C(=O)N2CCC(C(N)=O)CC2)cc1C(C)(C)C. The Morgan fingerprint density at radius 2 is 1.83 bits per heavy atom. The van der Waals surface area contributed by atoms with Gasteiger partial charge in [0.2, 0.25) is 5.91 Å². The van der Waals surface area contributed by atoms with Crippen LogP contribution in [0.4, 0.5) is 0 Å². The molecular weight excluding hydrogens is 292 g/mol. The topological polar surface area (TPSA) is 72.6 Å². The lowest BCUT2D eigenvalue weighted by Crippen LogP contribution is -2.41. The highest BCUT2D eigenvalue weighted by Crippen LogP contribution is 2.32. The summed E-state index contributed by atoms with van der Waals surface area (Å²) in [4.78, 5) is 25.8. The molecule has 0 spiro atoms. The molecule has 0 radical (unpaired) electrons. The summed E-state index contributed by atoms with van der Waals surface area (Å²) in [6.07, 6.45) is 1.28. The number of methoxy groups -OCH3 is 1. The standard InChI is InChI=1S/C18H26N2O3/c1-18(2,3)14-11-13(5-6-15(14)23-4)17(22)20-9-7-12(8-10-20)16(19)21/h5-6,11-12H,7-10H2,1-4H3,(H2,19,21). The minimum Gasteiger partial charge on any atom is -0.496 e. The van der Waals surface area contributed by atoms with E-state index in [4.69, 9.17) is 10.5 Å². The van der Waals surface area contributed by atoms with E-state index in [9.17, 15) is 9.59 Å². The number of carbonyl (C=O) groups is 2. The summed E-state index contributed by atoms with van der Waals surface area (Å²) in [5.41, 5.74) is 6.91. The van der Waals surface area contributed by atoms with Crippen LogP contribution in [-0.2, 0) is 10.2 Å². The van der Waals surface area contributed by atoms with Crippen molar-refractivity contribution in [2.75, 3.05) is 20.2 Å². The monoisotopic (exact) mass is 318 g/mol. The molecule has 1 heterocycles. The van der Waals surface area contributed by atoms with Crippen LogP contribution in [0.3, 0.4) is 0 Å². The maximum Gasteiger partial charge on any atom is 0.253 e. The number of rotatable bonds is 3. The van der Waals surface area contributed by atoms with Crippen LogP contribution in [0, 0.1) is 5.92 Å². The molecule has 5 heteroatoms. The minimum absolute atomic E-state index is 0.000994. The molecule has 1 aliphatic rings. The van der Waals surface area contributed by atoms with E-state index in [1.807, 2.05) is 12.1 Å². The van der Waals surface area contributed by atoms with Crippen molar-refractivity contribution in [3.8, 4) is 5.75 Å². The number of likely N-dealkylation sites (tertiary alicyclic amines) is 1. The molecule has 0 aliphatic carbocycles. The minimum atomic E-state index is -0.267. The zero-order valence-corrected chi connectivity index (χ0v) is 14.4. The van der Waals surface area contributed by atoms with Crippen molar-refractivity contribution in [3.63, 3.8) is 0 Å². The third-order valence-corrected chi connectivity index (χ3v) is 4.44. The fourth-order valence-electron chi connectivity index (χ4n) is 2.98. The first-order valence-corrected chi connectivity index (χ1v) is 8.01. The van der Waals surface area contributed by atoms with Crippen molar-refractivity contribution in [1.82, 2.24) is 4.90 Å². The van der Waals surface area contributed by atoms with Crippen LogP contribution < -0.4 is 10.5 Å². The predicted octanol–water partition coefficient (Wildman–Crippen LogP) is 2.33. The van der Waals surface area contributed by atoms with Crippen molar-refractivity contribution in [1.29, 1.82) is 0 Å². The molecule has 0 aromatic heterocycles. The highest BCUT2D eigenvalue weighted by atomic mass is 16.5. The fraction of sp³-hybridized carbons (Fsp3) is 0.556. The number of benzene rings is 1. The number of hydrogen-bond acceptors (Lipinski definition) is 3. The average molecular weight is 318 g/mol. The highest BCUT2D eigenvalue weighted by Gasteiger charge is 2.27. The van der Waals surface area contributed by atoms with E-state index in [0.717, 1.165) is 11.3 Å². The number of ether oxygens (including phenoxy) is 1. The van der Waals surface area contributed by atoms with Crippen LogP contribution in [-0.4, -0.2) is 36.9 Å². The van der Waals surface area contributed by atoms with E-state index in [-0.39, 0.29) is 23.1 Å². The van der Waals surface area contributed by atoms with E-state index in [1.165, 1.54) is 0 Å². The molecule has 1 aliphatic heterocycles. The Bertz CT molecular complexity index is 597. The third kappa shape index (κ3) is 3.84. The van der Waals surface area contributed by atoms with Crippen LogP contribution in [0.5, 0.6) is 5.75 Å². The largest absolute Gasteiger partial charge is 0.496 e. The Kier molecular flexibility index (Phi) is 4.97. The van der Waals surface area contributed by atoms with Gasteiger partial charge in [-0.3, -0.25) is 9.59 Å². The number of hydrogen-bond donors (Lipinski definition) is 1. The van der Waals surface area contributed by atoms with Gasteiger partial charge in [-0.15, -0.1) is 0 Å². The first kappa shape index (κ1) is 17.3. The van der Waals surface area contributed by atoms with Gasteiger partial charge < -0.3 is 15.4 Å².